The van der Waals surface area contributed by atoms with Gasteiger partial charge in [-0.2, -0.15) is 5.10 Å². The Labute approximate surface area is 105 Å². The highest BCUT2D eigenvalue weighted by atomic mass is 35.5. The minimum atomic E-state index is -0.648. The molecule has 1 aromatic heterocycles. The van der Waals surface area contributed by atoms with Crippen LogP contribution in [0.5, 0.6) is 0 Å². The van der Waals surface area contributed by atoms with E-state index in [0.29, 0.717) is 22.8 Å². The lowest BCUT2D eigenvalue weighted by Gasteiger charge is -2.10. The first-order chi connectivity index (χ1) is 8.08. The van der Waals surface area contributed by atoms with Crippen molar-refractivity contribution in [2.24, 2.45) is 7.05 Å². The number of halogens is 1. The number of hydrogen-bond donors (Lipinski definition) is 2. The summed E-state index contributed by atoms with van der Waals surface area (Å²) in [6, 6.07) is 7.38. The Morgan fingerprint density at radius 3 is 2.59 bits per heavy atom. The summed E-state index contributed by atoms with van der Waals surface area (Å²) in [6.07, 6.45) is 1.44. The molecule has 3 N–H and O–H groups in total. The summed E-state index contributed by atoms with van der Waals surface area (Å²) in [5.74, 6) is 0.492. The van der Waals surface area contributed by atoms with E-state index in [1.165, 1.54) is 0 Å². The van der Waals surface area contributed by atoms with Gasteiger partial charge in [0.05, 0.1) is 12.3 Å². The van der Waals surface area contributed by atoms with Crippen molar-refractivity contribution in [3.63, 3.8) is 0 Å². The number of aliphatic hydroxyl groups excluding tert-OH is 1. The first-order valence-electron chi connectivity index (χ1n) is 5.28. The quantitative estimate of drug-likeness (QED) is 0.876. The molecule has 2 aromatic rings. The number of benzene rings is 1. The summed E-state index contributed by atoms with van der Waals surface area (Å²) < 4.78 is 1.54. The number of hydrogen-bond acceptors (Lipinski definition) is 3. The fourth-order valence-corrected chi connectivity index (χ4v) is 1.80. The van der Waals surface area contributed by atoms with Crippen LogP contribution in [0, 0.1) is 0 Å². The van der Waals surface area contributed by atoms with E-state index in [1.54, 1.807) is 30.1 Å². The van der Waals surface area contributed by atoms with Gasteiger partial charge in [-0.25, -0.2) is 0 Å². The standard InChI is InChI=1S/C12H14ClN3O/c1-16-12(14)10(7-15-16)11(17)6-8-2-4-9(13)5-3-8/h2-5,7,11,17H,6,14H2,1H3. The molecule has 1 aromatic carbocycles. The number of aliphatic hydroxyl groups is 1. The van der Waals surface area contributed by atoms with Gasteiger partial charge in [-0.3, -0.25) is 4.68 Å². The van der Waals surface area contributed by atoms with E-state index in [1.807, 2.05) is 12.1 Å². The molecule has 2 rings (SSSR count). The van der Waals surface area contributed by atoms with Crippen LogP contribution in [0.4, 0.5) is 5.82 Å². The maximum absolute atomic E-state index is 10.1. The highest BCUT2D eigenvalue weighted by molar-refractivity contribution is 6.30. The lowest BCUT2D eigenvalue weighted by Crippen LogP contribution is -2.05. The third-order valence-corrected chi connectivity index (χ3v) is 2.97. The summed E-state index contributed by atoms with van der Waals surface area (Å²) >= 11 is 5.80. The van der Waals surface area contributed by atoms with Crippen LogP contribution in [0.25, 0.3) is 0 Å². The van der Waals surface area contributed by atoms with Crippen LogP contribution in [-0.4, -0.2) is 14.9 Å². The van der Waals surface area contributed by atoms with Crippen LogP contribution in [0.1, 0.15) is 17.2 Å². The molecule has 0 fully saturated rings. The average molecular weight is 252 g/mol. The van der Waals surface area contributed by atoms with Crippen molar-refractivity contribution in [2.75, 3.05) is 5.73 Å². The molecular formula is C12H14ClN3O. The van der Waals surface area contributed by atoms with Gasteiger partial charge in [0.1, 0.15) is 5.82 Å². The number of aryl methyl sites for hydroxylation is 1. The van der Waals surface area contributed by atoms with Gasteiger partial charge >= 0.3 is 0 Å². The molecule has 0 spiro atoms. The second kappa shape index (κ2) is 4.77. The molecule has 5 heteroatoms. The van der Waals surface area contributed by atoms with Gasteiger partial charge in [0.15, 0.2) is 0 Å². The number of nitrogen functional groups attached to an aromatic ring is 1. The van der Waals surface area contributed by atoms with Crippen LogP contribution >= 0.6 is 11.6 Å². The van der Waals surface area contributed by atoms with Gasteiger partial charge in [-0.05, 0) is 17.7 Å². The molecule has 17 heavy (non-hydrogen) atoms. The molecule has 0 amide bonds. The van der Waals surface area contributed by atoms with E-state index in [9.17, 15) is 5.11 Å². The molecule has 4 nitrogen and oxygen atoms in total. The lowest BCUT2D eigenvalue weighted by molar-refractivity contribution is 0.179. The second-order valence-corrected chi connectivity index (χ2v) is 4.39. The fraction of sp³-hybridized carbons (Fsp3) is 0.250. The first-order valence-corrected chi connectivity index (χ1v) is 5.65. The number of aromatic nitrogens is 2. The van der Waals surface area contributed by atoms with Crippen LogP contribution in [-0.2, 0) is 13.5 Å². The normalized spacial score (nSPS) is 12.6. The minimum absolute atomic E-state index is 0.492. The highest BCUT2D eigenvalue weighted by Crippen LogP contribution is 2.23. The van der Waals surface area contributed by atoms with Gasteiger partial charge in [-0.1, -0.05) is 23.7 Å². The van der Waals surface area contributed by atoms with Gasteiger partial charge in [0.25, 0.3) is 0 Å². The Morgan fingerprint density at radius 2 is 2.06 bits per heavy atom. The zero-order valence-electron chi connectivity index (χ0n) is 9.47. The van der Waals surface area contributed by atoms with E-state index >= 15 is 0 Å². The molecular weight excluding hydrogens is 238 g/mol. The maximum Gasteiger partial charge on any atom is 0.127 e. The lowest BCUT2D eigenvalue weighted by atomic mass is 10.0. The van der Waals surface area contributed by atoms with E-state index in [2.05, 4.69) is 5.10 Å². The zero-order valence-corrected chi connectivity index (χ0v) is 10.2. The number of nitrogens with two attached hydrogens (primary N) is 1. The Hall–Kier alpha value is -1.52. The van der Waals surface area contributed by atoms with E-state index in [0.717, 1.165) is 5.56 Å². The number of nitrogens with zero attached hydrogens (tertiary/aromatic N) is 2. The monoisotopic (exact) mass is 251 g/mol. The summed E-state index contributed by atoms with van der Waals surface area (Å²) in [6.45, 7) is 0. The van der Waals surface area contributed by atoms with Crippen molar-refractivity contribution in [2.45, 2.75) is 12.5 Å². The van der Waals surface area contributed by atoms with Gasteiger partial charge in [0.2, 0.25) is 0 Å². The molecule has 0 saturated heterocycles. The predicted molar refractivity (Wildman–Crippen MR) is 67.7 cm³/mol. The summed E-state index contributed by atoms with van der Waals surface area (Å²) in [4.78, 5) is 0. The topological polar surface area (TPSA) is 64.1 Å². The summed E-state index contributed by atoms with van der Waals surface area (Å²) in [5.41, 5.74) is 7.46. The van der Waals surface area contributed by atoms with Crippen molar-refractivity contribution in [1.29, 1.82) is 0 Å². The third-order valence-electron chi connectivity index (χ3n) is 2.72. The van der Waals surface area contributed by atoms with E-state index in [4.69, 9.17) is 17.3 Å². The van der Waals surface area contributed by atoms with Crippen molar-refractivity contribution in [3.8, 4) is 0 Å². The van der Waals surface area contributed by atoms with E-state index in [-0.39, 0.29) is 0 Å². The summed E-state index contributed by atoms with van der Waals surface area (Å²) in [5, 5.41) is 14.8. The smallest absolute Gasteiger partial charge is 0.127 e. The molecule has 0 radical (unpaired) electrons. The van der Waals surface area contributed by atoms with Crippen molar-refractivity contribution in [1.82, 2.24) is 9.78 Å². The van der Waals surface area contributed by atoms with Gasteiger partial charge in [0, 0.05) is 24.1 Å². The molecule has 0 aliphatic rings. The van der Waals surface area contributed by atoms with Crippen molar-refractivity contribution < 1.29 is 5.11 Å². The number of anilines is 1. The second-order valence-electron chi connectivity index (χ2n) is 3.96. The van der Waals surface area contributed by atoms with Crippen LogP contribution in [0.3, 0.4) is 0 Å². The highest BCUT2D eigenvalue weighted by Gasteiger charge is 2.15. The van der Waals surface area contributed by atoms with Crippen LogP contribution in [0.2, 0.25) is 5.02 Å². The molecule has 1 atom stereocenters. The van der Waals surface area contributed by atoms with Gasteiger partial charge < -0.3 is 10.8 Å². The van der Waals surface area contributed by atoms with Gasteiger partial charge in [-0.15, -0.1) is 0 Å². The largest absolute Gasteiger partial charge is 0.388 e. The first kappa shape index (κ1) is 12.0. The average Bonchev–Trinajstić information content (AvgIpc) is 2.63. The Morgan fingerprint density at radius 1 is 1.41 bits per heavy atom. The minimum Gasteiger partial charge on any atom is -0.388 e. The Balaban J connectivity index is 2.14. The molecule has 1 heterocycles. The Bertz CT molecular complexity index is 507. The molecule has 90 valence electrons. The number of rotatable bonds is 3. The predicted octanol–water partition coefficient (Wildman–Crippen LogP) is 1.93. The van der Waals surface area contributed by atoms with Crippen LogP contribution < -0.4 is 5.73 Å². The van der Waals surface area contributed by atoms with Crippen molar-refractivity contribution >= 4 is 17.4 Å². The molecule has 0 bridgehead atoms. The summed E-state index contributed by atoms with van der Waals surface area (Å²) in [7, 11) is 1.74. The molecule has 0 aliphatic carbocycles. The molecule has 0 aliphatic heterocycles. The third kappa shape index (κ3) is 2.60. The van der Waals surface area contributed by atoms with Crippen LogP contribution in [0.15, 0.2) is 30.5 Å². The molecule has 1 unspecified atom stereocenters. The maximum atomic E-state index is 10.1. The fourth-order valence-electron chi connectivity index (χ4n) is 1.67. The Kier molecular flexibility index (Phi) is 3.36. The molecule has 0 saturated carbocycles. The van der Waals surface area contributed by atoms with E-state index < -0.39 is 6.10 Å². The SMILES string of the molecule is Cn1ncc(C(O)Cc2ccc(Cl)cc2)c1N. The zero-order chi connectivity index (χ0) is 12.4. The van der Waals surface area contributed by atoms with Crippen molar-refractivity contribution in [3.05, 3.63) is 46.6 Å².